The number of alkyl halides is 3. The van der Waals surface area contributed by atoms with Crippen LogP contribution in [0.5, 0.6) is 5.75 Å². The maximum absolute atomic E-state index is 14.8. The lowest BCUT2D eigenvalue weighted by Crippen LogP contribution is -2.56. The second kappa shape index (κ2) is 15.5. The summed E-state index contributed by atoms with van der Waals surface area (Å²) in [5.41, 5.74) is 0.862. The molecule has 10 nitrogen and oxygen atoms in total. The number of ether oxygens (including phenoxy) is 3. The molecular formula is C38H40Cl2F3N5O5. The normalized spacial score (nSPS) is 22.0. The van der Waals surface area contributed by atoms with Crippen molar-refractivity contribution in [2.45, 2.75) is 43.8 Å². The minimum atomic E-state index is -4.61. The van der Waals surface area contributed by atoms with Crippen LogP contribution in [-0.2, 0) is 20.4 Å². The number of carbonyl (C=O) groups excluding carboxylic acids is 2. The Morgan fingerprint density at radius 2 is 1.45 bits per heavy atom. The summed E-state index contributed by atoms with van der Waals surface area (Å²) in [5.74, 6) is -0.405. The van der Waals surface area contributed by atoms with Crippen molar-refractivity contribution in [3.05, 3.63) is 99.0 Å². The van der Waals surface area contributed by atoms with Crippen LogP contribution >= 0.6 is 23.2 Å². The van der Waals surface area contributed by atoms with E-state index in [0.717, 1.165) is 23.3 Å². The van der Waals surface area contributed by atoms with Crippen LogP contribution in [0.25, 0.3) is 0 Å². The number of hydrogen-bond donors (Lipinski definition) is 0. The zero-order valence-corrected chi connectivity index (χ0v) is 30.7. The van der Waals surface area contributed by atoms with Crippen molar-refractivity contribution in [1.82, 2.24) is 19.6 Å². The number of carbonyl (C=O) groups is 2. The van der Waals surface area contributed by atoms with Gasteiger partial charge in [0.2, 0.25) is 5.91 Å². The van der Waals surface area contributed by atoms with Crippen LogP contribution in [0.2, 0.25) is 10.0 Å². The fourth-order valence-electron chi connectivity index (χ4n) is 7.44. The molecule has 2 atom stereocenters. The van der Waals surface area contributed by atoms with Gasteiger partial charge in [-0.2, -0.15) is 13.2 Å². The molecule has 15 heteroatoms. The standard InChI is InChI=1S/C38H40Cl2F3N5O5/c1-2-51-31-23-27(38(41,42)43)7-12-30(31)35-44-33(25-3-8-28(39)9-4-25)34(26-5-10-29(40)11-6-26)48(35)36(50)47-19-17-45(18-20-47)24-32(49)46-15-13-37(14-16-46)52-21-22-53-37/h3-12,23,33-34H,2,13-22,24H2,1H3. The third-order valence-electron chi connectivity index (χ3n) is 10.2. The lowest BCUT2D eigenvalue weighted by atomic mass is 9.93. The lowest BCUT2D eigenvalue weighted by Gasteiger charge is -2.40. The smallest absolute Gasteiger partial charge is 0.416 e. The van der Waals surface area contributed by atoms with E-state index < -0.39 is 29.6 Å². The van der Waals surface area contributed by atoms with E-state index in [1.807, 2.05) is 34.1 Å². The van der Waals surface area contributed by atoms with Gasteiger partial charge in [-0.25, -0.2) is 4.79 Å². The van der Waals surface area contributed by atoms with Crippen molar-refractivity contribution in [1.29, 1.82) is 0 Å². The zero-order valence-electron chi connectivity index (χ0n) is 29.2. The molecule has 0 bridgehead atoms. The second-order valence-corrected chi connectivity index (χ2v) is 14.4. The van der Waals surface area contributed by atoms with Crippen molar-refractivity contribution in [2.24, 2.45) is 4.99 Å². The lowest BCUT2D eigenvalue weighted by molar-refractivity contribution is -0.187. The van der Waals surface area contributed by atoms with E-state index in [-0.39, 0.29) is 42.2 Å². The van der Waals surface area contributed by atoms with Gasteiger partial charge in [-0.05, 0) is 60.5 Å². The van der Waals surface area contributed by atoms with E-state index >= 15 is 0 Å². The predicted octanol–water partition coefficient (Wildman–Crippen LogP) is 7.06. The van der Waals surface area contributed by atoms with Gasteiger partial charge in [0, 0.05) is 62.2 Å². The number of rotatable bonds is 7. The Morgan fingerprint density at radius 3 is 2.04 bits per heavy atom. The topological polar surface area (TPSA) is 87.2 Å². The Balaban J connectivity index is 1.17. The molecule has 2 unspecified atom stereocenters. The van der Waals surface area contributed by atoms with Gasteiger partial charge in [0.05, 0.1) is 43.5 Å². The van der Waals surface area contributed by atoms with Gasteiger partial charge in [-0.1, -0.05) is 47.5 Å². The molecule has 0 aliphatic carbocycles. The van der Waals surface area contributed by atoms with Crippen molar-refractivity contribution < 1.29 is 37.0 Å². The number of urea groups is 1. The molecule has 0 N–H and O–H groups in total. The summed E-state index contributed by atoms with van der Waals surface area (Å²) in [7, 11) is 0. The summed E-state index contributed by atoms with van der Waals surface area (Å²) in [5, 5.41) is 1.02. The molecule has 53 heavy (non-hydrogen) atoms. The van der Waals surface area contributed by atoms with Crippen LogP contribution in [0.4, 0.5) is 18.0 Å². The van der Waals surface area contributed by atoms with Gasteiger partial charge in [0.25, 0.3) is 0 Å². The zero-order chi connectivity index (χ0) is 37.3. The average molecular weight is 775 g/mol. The Labute approximate surface area is 316 Å². The first-order chi connectivity index (χ1) is 25.4. The molecule has 7 rings (SSSR count). The van der Waals surface area contributed by atoms with Gasteiger partial charge in [0.15, 0.2) is 5.79 Å². The van der Waals surface area contributed by atoms with E-state index in [0.29, 0.717) is 75.4 Å². The Bertz CT molecular complexity index is 1820. The first-order valence-electron chi connectivity index (χ1n) is 17.7. The maximum atomic E-state index is 14.8. The van der Waals surface area contributed by atoms with Crippen LogP contribution in [-0.4, -0.2) is 109 Å². The highest BCUT2D eigenvalue weighted by Gasteiger charge is 2.46. The van der Waals surface area contributed by atoms with Gasteiger partial charge in [-0.15, -0.1) is 0 Å². The van der Waals surface area contributed by atoms with Crippen molar-refractivity contribution >= 4 is 41.0 Å². The summed E-state index contributed by atoms with van der Waals surface area (Å²) >= 11 is 12.5. The molecule has 4 aliphatic rings. The van der Waals surface area contributed by atoms with E-state index in [4.69, 9.17) is 42.4 Å². The van der Waals surface area contributed by atoms with Crippen LogP contribution in [0.1, 0.15) is 54.1 Å². The van der Waals surface area contributed by atoms with Crippen molar-refractivity contribution in [3.8, 4) is 5.75 Å². The van der Waals surface area contributed by atoms with Gasteiger partial charge in [-0.3, -0.25) is 19.6 Å². The first kappa shape index (κ1) is 37.4. The quantitative estimate of drug-likeness (QED) is 0.256. The van der Waals surface area contributed by atoms with E-state index in [1.165, 1.54) is 6.07 Å². The van der Waals surface area contributed by atoms with Crippen molar-refractivity contribution in [2.75, 3.05) is 65.6 Å². The molecule has 1 spiro atoms. The summed E-state index contributed by atoms with van der Waals surface area (Å²) in [4.78, 5) is 40.3. The van der Waals surface area contributed by atoms with Crippen LogP contribution in [0, 0.1) is 0 Å². The second-order valence-electron chi connectivity index (χ2n) is 13.5. The maximum Gasteiger partial charge on any atom is 0.416 e. The molecule has 4 aliphatic heterocycles. The number of hydrogen-bond acceptors (Lipinski definition) is 7. The molecule has 4 heterocycles. The SMILES string of the molecule is CCOc1cc(C(F)(F)F)ccc1C1=NC(c2ccc(Cl)cc2)C(c2ccc(Cl)cc2)N1C(=O)N1CCN(CC(=O)N2CCC3(CC2)OCCO3)CC1. The van der Waals surface area contributed by atoms with Crippen molar-refractivity contribution in [3.63, 3.8) is 0 Å². The molecular weight excluding hydrogens is 734 g/mol. The summed E-state index contributed by atoms with van der Waals surface area (Å²) in [6.45, 7) is 5.82. The number of amidine groups is 1. The molecule has 282 valence electrons. The number of likely N-dealkylation sites (tertiary alicyclic amines) is 1. The molecule has 0 radical (unpaired) electrons. The number of aliphatic imine (C=N–C) groups is 1. The third kappa shape index (κ3) is 8.00. The molecule has 3 saturated heterocycles. The number of benzene rings is 3. The molecule has 3 fully saturated rings. The monoisotopic (exact) mass is 773 g/mol. The minimum absolute atomic E-state index is 0.0194. The fraction of sp³-hybridized carbons (Fsp3) is 0.447. The highest BCUT2D eigenvalue weighted by molar-refractivity contribution is 6.30. The average Bonchev–Trinajstić information content (AvgIpc) is 3.77. The summed E-state index contributed by atoms with van der Waals surface area (Å²) < 4.78 is 59.0. The van der Waals surface area contributed by atoms with E-state index in [1.54, 1.807) is 41.0 Å². The summed E-state index contributed by atoms with van der Waals surface area (Å²) in [6.07, 6.45) is -3.34. The molecule has 3 aromatic carbocycles. The highest BCUT2D eigenvalue weighted by Crippen LogP contribution is 2.46. The number of piperazine rings is 1. The Hall–Kier alpha value is -3.88. The number of amides is 3. The molecule has 0 saturated carbocycles. The number of piperidine rings is 1. The van der Waals surface area contributed by atoms with Gasteiger partial charge < -0.3 is 24.0 Å². The first-order valence-corrected chi connectivity index (χ1v) is 18.5. The van der Waals surface area contributed by atoms with Crippen LogP contribution in [0.15, 0.2) is 71.7 Å². The largest absolute Gasteiger partial charge is 0.493 e. The molecule has 3 amide bonds. The van der Waals surface area contributed by atoms with Gasteiger partial charge in [0.1, 0.15) is 17.6 Å². The van der Waals surface area contributed by atoms with Crippen LogP contribution < -0.4 is 4.74 Å². The predicted molar refractivity (Wildman–Crippen MR) is 193 cm³/mol. The minimum Gasteiger partial charge on any atom is -0.493 e. The Morgan fingerprint density at radius 1 is 0.849 bits per heavy atom. The highest BCUT2D eigenvalue weighted by atomic mass is 35.5. The number of halogens is 5. The fourth-order valence-corrected chi connectivity index (χ4v) is 7.69. The van der Waals surface area contributed by atoms with Gasteiger partial charge >= 0.3 is 12.2 Å². The third-order valence-corrected chi connectivity index (χ3v) is 10.7. The Kier molecular flexibility index (Phi) is 10.9. The molecule has 3 aromatic rings. The van der Waals surface area contributed by atoms with Crippen LogP contribution in [0.3, 0.4) is 0 Å². The number of nitrogens with zero attached hydrogens (tertiary/aromatic N) is 5. The summed E-state index contributed by atoms with van der Waals surface area (Å²) in [6, 6.07) is 15.7. The van der Waals surface area contributed by atoms with E-state index in [2.05, 4.69) is 0 Å². The molecule has 0 aromatic heterocycles. The van der Waals surface area contributed by atoms with E-state index in [9.17, 15) is 22.8 Å².